The number of methoxy groups -OCH3 is 3. The van der Waals surface area contributed by atoms with Gasteiger partial charge in [-0.2, -0.15) is 0 Å². The highest BCUT2D eigenvalue weighted by atomic mass is 35.5. The molecule has 2 amide bonds. The van der Waals surface area contributed by atoms with Gasteiger partial charge in [0.25, 0.3) is 17.6 Å². The molecule has 0 radical (unpaired) electrons. The van der Waals surface area contributed by atoms with Crippen LogP contribution in [0.25, 0.3) is 11.3 Å². The number of esters is 1. The van der Waals surface area contributed by atoms with E-state index in [9.17, 15) is 52.5 Å². The van der Waals surface area contributed by atoms with Crippen LogP contribution >= 0.6 is 23.2 Å². The summed E-state index contributed by atoms with van der Waals surface area (Å²) >= 11 is 12.3. The number of Topliss-reactive ketones (excluding diaryl/α,β-unsaturated/α-hetero) is 3. The number of aliphatic hydroxyl groups excluding tert-OH is 2. The van der Waals surface area contributed by atoms with Crippen LogP contribution in [-0.2, 0) is 62.2 Å². The fourth-order valence-corrected chi connectivity index (χ4v) is 14.1. The first-order valence-electron chi connectivity index (χ1n) is 32.8. The van der Waals surface area contributed by atoms with Gasteiger partial charge in [0.05, 0.1) is 63.8 Å². The zero-order valence-electron chi connectivity index (χ0n) is 56.5. The number of carbonyl (C=O) groups is 6. The van der Waals surface area contributed by atoms with Crippen molar-refractivity contribution in [1.82, 2.24) is 9.88 Å². The SMILES string of the molecule is CO[C@H]1C[C@@H]2CC[C@@H](C)[C@@](O)(O2)C(=O)C(=O)N2CCCC[C@H]2C(=O)O[C@H]([C@H](C)C[C@@H]2CC[C@@H](OCCO)[C@H](OC)C2)CC(=O)[C@H](C)/C=C(\C)[C@@H](O)[C@@H](OC)C(=O)[C@H](C)C[C@H](C)/C=C/C=C/C=C/1C.CS(=O)(=O)c1ccc(C(=O)Nc2ccc(Cl)c(-c3ccccn3)c2)c(Cl)c1. The topological polar surface area (TPSA) is 281 Å². The number of sulfone groups is 1. The smallest absolute Gasteiger partial charge is 0.329 e. The molecule has 1 aromatic heterocycles. The molecular weight excluding hydrogens is 1280 g/mol. The lowest BCUT2D eigenvalue weighted by atomic mass is 9.78. The van der Waals surface area contributed by atoms with Gasteiger partial charge in [-0.15, -0.1) is 0 Å². The predicted molar refractivity (Wildman–Crippen MR) is 363 cm³/mol. The second kappa shape index (κ2) is 36.7. The molecule has 4 aliphatic rings. The molecule has 4 heterocycles. The van der Waals surface area contributed by atoms with Crippen molar-refractivity contribution in [2.75, 3.05) is 52.7 Å². The number of aromatic nitrogens is 1. The molecular formula is C72H97Cl2N3O17S. The van der Waals surface area contributed by atoms with Crippen molar-refractivity contribution in [2.45, 2.75) is 185 Å². The van der Waals surface area contributed by atoms with E-state index in [1.165, 1.54) is 30.2 Å². The zero-order chi connectivity index (χ0) is 69.9. The summed E-state index contributed by atoms with van der Waals surface area (Å²) in [5.41, 5.74) is 3.29. The number of anilines is 1. The molecule has 0 unspecified atom stereocenters. The van der Waals surface area contributed by atoms with Gasteiger partial charge in [0.15, 0.2) is 15.6 Å². The molecule has 15 atom stereocenters. The summed E-state index contributed by atoms with van der Waals surface area (Å²) < 4.78 is 58.7. The number of hydrogen-bond donors (Lipinski definition) is 4. The summed E-state index contributed by atoms with van der Waals surface area (Å²) in [5.74, 6) is -8.43. The highest BCUT2D eigenvalue weighted by Crippen LogP contribution is 2.39. The first kappa shape index (κ1) is 78.2. The number of carbonyl (C=O) groups excluding carboxylic acids is 6. The first-order valence-corrected chi connectivity index (χ1v) is 35.4. The van der Waals surface area contributed by atoms with E-state index in [4.69, 9.17) is 51.6 Å². The van der Waals surface area contributed by atoms with Crippen LogP contribution in [0.15, 0.2) is 113 Å². The Labute approximate surface area is 570 Å². The van der Waals surface area contributed by atoms with Crippen LogP contribution in [0, 0.1) is 35.5 Å². The highest BCUT2D eigenvalue weighted by molar-refractivity contribution is 7.90. The number of pyridine rings is 1. The van der Waals surface area contributed by atoms with E-state index in [-0.39, 0.29) is 89.6 Å². The molecule has 20 nitrogen and oxygen atoms in total. The van der Waals surface area contributed by atoms with Crippen LogP contribution in [-0.4, -0.2) is 171 Å². The standard InChI is InChI=1S/C53H83NO14.C19H14Cl2N2O3S/c1-32-16-12-11-13-17-33(2)44(63-8)30-40-21-19-38(7)53(62,68-40)50(59)51(60)54-23-15-14-18-41(54)52(61)67-45(35(4)28-39-20-22-43(66-25-24-55)46(29-39)64-9)31-42(56)34(3)27-37(6)48(58)49(65-10)47(57)36(5)26-32;1-27(25,26)13-6-7-14(17(21)11-13)19(24)23-12-5-8-16(20)15(10-12)18-4-2-3-9-22-18/h11-13,16-17,27,32,34-36,38-41,43-46,48-49,55,58,62H,14-15,18-26,28-31H2,1-10H3;2-11H,1H3,(H,23,24)/b13-11+,16-12+,33-17+,37-27+;/t32-,34-,35-,36-,38-,39+,40+,41+,43-,44+,45+,46-,48-,49+,53-;/m1./s1. The summed E-state index contributed by atoms with van der Waals surface area (Å²) in [6, 6.07) is 13.3. The quantitative estimate of drug-likeness (QED) is 0.0703. The molecule has 2 aromatic carbocycles. The number of ketones is 3. The average molecular weight is 1380 g/mol. The number of halogens is 2. The van der Waals surface area contributed by atoms with Gasteiger partial charge in [0, 0.05) is 82.2 Å². The molecule has 0 spiro atoms. The van der Waals surface area contributed by atoms with Gasteiger partial charge in [-0.3, -0.25) is 29.0 Å². The van der Waals surface area contributed by atoms with Crippen molar-refractivity contribution in [2.24, 2.45) is 35.5 Å². The Morgan fingerprint density at radius 1 is 0.853 bits per heavy atom. The fourth-order valence-electron chi connectivity index (χ4n) is 12.9. The van der Waals surface area contributed by atoms with Crippen molar-refractivity contribution in [3.63, 3.8) is 0 Å². The monoisotopic (exact) mass is 1380 g/mol. The Balaban J connectivity index is 0.000000437. The van der Waals surface area contributed by atoms with E-state index < -0.39 is 93.5 Å². The molecule has 1 aliphatic carbocycles. The molecule has 23 heteroatoms. The lowest BCUT2D eigenvalue weighted by molar-refractivity contribution is -0.265. The van der Waals surface area contributed by atoms with Gasteiger partial charge in [-0.05, 0) is 155 Å². The minimum Gasteiger partial charge on any atom is -0.460 e. The number of amides is 2. The molecule has 522 valence electrons. The second-order valence-electron chi connectivity index (χ2n) is 25.9. The predicted octanol–water partition coefficient (Wildman–Crippen LogP) is 10.9. The van der Waals surface area contributed by atoms with Crippen LogP contribution in [0.4, 0.5) is 5.69 Å². The van der Waals surface area contributed by atoms with Crippen LogP contribution in [0.2, 0.25) is 10.0 Å². The Hall–Kier alpha value is -5.82. The van der Waals surface area contributed by atoms with Gasteiger partial charge < -0.3 is 54.0 Å². The highest BCUT2D eigenvalue weighted by Gasteiger charge is 2.53. The number of ether oxygens (including phenoxy) is 6. The molecule has 7 rings (SSSR count). The largest absolute Gasteiger partial charge is 0.460 e. The number of piperidine rings is 1. The third kappa shape index (κ3) is 21.6. The van der Waals surface area contributed by atoms with Crippen LogP contribution in [0.1, 0.15) is 136 Å². The van der Waals surface area contributed by atoms with E-state index in [1.807, 2.05) is 70.2 Å². The number of benzene rings is 2. The molecule has 3 fully saturated rings. The van der Waals surface area contributed by atoms with E-state index in [1.54, 1.807) is 71.5 Å². The Bertz CT molecular complexity index is 3360. The van der Waals surface area contributed by atoms with Crippen LogP contribution < -0.4 is 5.32 Å². The average Bonchev–Trinajstić information content (AvgIpc) is 0.779. The Morgan fingerprint density at radius 3 is 2.26 bits per heavy atom. The van der Waals surface area contributed by atoms with E-state index in [0.717, 1.165) is 18.2 Å². The number of allylic oxidation sites excluding steroid dienone is 6. The first-order chi connectivity index (χ1) is 45.0. The van der Waals surface area contributed by atoms with Crippen LogP contribution in [0.5, 0.6) is 0 Å². The number of cyclic esters (lactones) is 1. The Kier molecular flexibility index (Phi) is 30.2. The molecule has 4 N–H and O–H groups in total. The van der Waals surface area contributed by atoms with Crippen molar-refractivity contribution in [1.29, 1.82) is 0 Å². The summed E-state index contributed by atoms with van der Waals surface area (Å²) in [6.07, 6.45) is 14.7. The number of nitrogens with one attached hydrogen (secondary N) is 1. The molecule has 2 saturated heterocycles. The maximum Gasteiger partial charge on any atom is 0.329 e. The molecule has 3 aromatic rings. The number of fused-ring (bicyclic) bond motifs is 3. The number of rotatable bonds is 13. The van der Waals surface area contributed by atoms with E-state index in [0.29, 0.717) is 85.3 Å². The van der Waals surface area contributed by atoms with E-state index >= 15 is 0 Å². The third-order valence-corrected chi connectivity index (χ3v) is 20.4. The summed E-state index contributed by atoms with van der Waals surface area (Å²) in [7, 11) is 1.18. The number of hydrogen-bond acceptors (Lipinski definition) is 18. The van der Waals surface area contributed by atoms with Crippen molar-refractivity contribution in [3.8, 4) is 11.3 Å². The third-order valence-electron chi connectivity index (χ3n) is 18.7. The fraction of sp³-hybridized carbons (Fsp3) is 0.569. The summed E-state index contributed by atoms with van der Waals surface area (Å²) in [6.45, 7) is 12.9. The lowest BCUT2D eigenvalue weighted by Crippen LogP contribution is -2.61. The second-order valence-corrected chi connectivity index (χ2v) is 28.8. The van der Waals surface area contributed by atoms with Crippen molar-refractivity contribution < 1.29 is 80.9 Å². The van der Waals surface area contributed by atoms with Crippen molar-refractivity contribution >= 4 is 73.9 Å². The maximum atomic E-state index is 14.5. The van der Waals surface area contributed by atoms with Gasteiger partial charge in [-0.25, -0.2) is 13.2 Å². The number of aliphatic hydroxyl groups is 3. The van der Waals surface area contributed by atoms with Gasteiger partial charge in [0.1, 0.15) is 30.1 Å². The van der Waals surface area contributed by atoms with Crippen molar-refractivity contribution in [3.05, 3.63) is 124 Å². The van der Waals surface area contributed by atoms with Gasteiger partial charge in [-0.1, -0.05) is 100 Å². The molecule has 3 aliphatic heterocycles. The summed E-state index contributed by atoms with van der Waals surface area (Å²) in [4.78, 5) is 89.0. The minimum absolute atomic E-state index is 0.0158. The minimum atomic E-state index is -3.41. The number of nitrogens with zero attached hydrogens (tertiary/aromatic N) is 2. The van der Waals surface area contributed by atoms with Gasteiger partial charge >= 0.3 is 5.97 Å². The zero-order valence-corrected chi connectivity index (χ0v) is 58.9. The van der Waals surface area contributed by atoms with E-state index in [2.05, 4.69) is 10.3 Å². The molecule has 95 heavy (non-hydrogen) atoms. The maximum absolute atomic E-state index is 14.5. The Morgan fingerprint density at radius 2 is 1.60 bits per heavy atom. The summed E-state index contributed by atoms with van der Waals surface area (Å²) in [5, 5.41) is 36.1. The molecule has 1 saturated carbocycles. The lowest BCUT2D eigenvalue weighted by Gasteiger charge is -2.42. The van der Waals surface area contributed by atoms with Crippen LogP contribution in [0.3, 0.4) is 0 Å². The van der Waals surface area contributed by atoms with Gasteiger partial charge in [0.2, 0.25) is 5.79 Å². The molecule has 2 bridgehead atoms. The normalized spacial score (nSPS) is 31.2.